The SMILES string of the molecule is CNc1cc(NCCCN(C)Cc2ccccc2)ccn1. The molecule has 21 heavy (non-hydrogen) atoms. The van der Waals surface area contributed by atoms with Crippen molar-refractivity contribution in [3.8, 4) is 0 Å². The molecule has 0 spiro atoms. The molecule has 0 aliphatic carbocycles. The lowest BCUT2D eigenvalue weighted by Crippen LogP contribution is -2.21. The molecule has 0 bridgehead atoms. The third kappa shape index (κ3) is 5.44. The first kappa shape index (κ1) is 15.3. The van der Waals surface area contributed by atoms with E-state index >= 15 is 0 Å². The zero-order valence-electron chi connectivity index (χ0n) is 12.8. The van der Waals surface area contributed by atoms with Gasteiger partial charge in [0.05, 0.1) is 0 Å². The molecule has 112 valence electrons. The minimum atomic E-state index is 0.890. The van der Waals surface area contributed by atoms with E-state index in [0.717, 1.165) is 37.6 Å². The number of nitrogens with one attached hydrogen (secondary N) is 2. The molecule has 1 aromatic heterocycles. The van der Waals surface area contributed by atoms with Crippen LogP contribution in [0.4, 0.5) is 11.5 Å². The van der Waals surface area contributed by atoms with Crippen LogP contribution in [0.15, 0.2) is 48.7 Å². The van der Waals surface area contributed by atoms with Gasteiger partial charge in [-0.15, -0.1) is 0 Å². The Morgan fingerprint density at radius 1 is 1.14 bits per heavy atom. The molecule has 1 heterocycles. The Kier molecular flexibility index (Phi) is 6.03. The van der Waals surface area contributed by atoms with Crippen molar-refractivity contribution < 1.29 is 0 Å². The lowest BCUT2D eigenvalue weighted by Gasteiger charge is -2.17. The lowest BCUT2D eigenvalue weighted by atomic mass is 10.2. The molecular weight excluding hydrogens is 260 g/mol. The number of hydrogen-bond donors (Lipinski definition) is 2. The van der Waals surface area contributed by atoms with E-state index in [4.69, 9.17) is 0 Å². The van der Waals surface area contributed by atoms with Gasteiger partial charge in [0.15, 0.2) is 0 Å². The fourth-order valence-electron chi connectivity index (χ4n) is 2.23. The highest BCUT2D eigenvalue weighted by Crippen LogP contribution is 2.11. The summed E-state index contributed by atoms with van der Waals surface area (Å²) in [5.74, 6) is 0.890. The van der Waals surface area contributed by atoms with E-state index in [1.165, 1.54) is 5.56 Å². The normalized spacial score (nSPS) is 10.6. The Bertz CT molecular complexity index is 527. The monoisotopic (exact) mass is 284 g/mol. The number of nitrogens with zero attached hydrogens (tertiary/aromatic N) is 2. The Morgan fingerprint density at radius 3 is 2.71 bits per heavy atom. The molecule has 0 saturated carbocycles. The molecule has 4 heteroatoms. The van der Waals surface area contributed by atoms with Gasteiger partial charge >= 0.3 is 0 Å². The summed E-state index contributed by atoms with van der Waals surface area (Å²) >= 11 is 0. The van der Waals surface area contributed by atoms with Gasteiger partial charge in [0, 0.05) is 38.1 Å². The van der Waals surface area contributed by atoms with Crippen molar-refractivity contribution in [3.63, 3.8) is 0 Å². The van der Waals surface area contributed by atoms with Crippen LogP contribution in [0.1, 0.15) is 12.0 Å². The summed E-state index contributed by atoms with van der Waals surface area (Å²) < 4.78 is 0. The summed E-state index contributed by atoms with van der Waals surface area (Å²) in [7, 11) is 4.04. The van der Waals surface area contributed by atoms with E-state index < -0.39 is 0 Å². The molecule has 0 fully saturated rings. The number of aromatic nitrogens is 1. The highest BCUT2D eigenvalue weighted by atomic mass is 15.1. The maximum Gasteiger partial charge on any atom is 0.127 e. The Labute approximate surface area is 127 Å². The van der Waals surface area contributed by atoms with Crippen LogP contribution in [0.3, 0.4) is 0 Å². The third-order valence-electron chi connectivity index (χ3n) is 3.36. The fourth-order valence-corrected chi connectivity index (χ4v) is 2.23. The van der Waals surface area contributed by atoms with E-state index in [9.17, 15) is 0 Å². The van der Waals surface area contributed by atoms with Crippen LogP contribution < -0.4 is 10.6 Å². The van der Waals surface area contributed by atoms with Crippen molar-refractivity contribution in [2.75, 3.05) is 37.8 Å². The first-order chi connectivity index (χ1) is 10.3. The molecule has 1 aromatic carbocycles. The summed E-state index contributed by atoms with van der Waals surface area (Å²) in [6, 6.07) is 14.6. The molecule has 2 rings (SSSR count). The van der Waals surface area contributed by atoms with Crippen molar-refractivity contribution in [1.29, 1.82) is 0 Å². The average molecular weight is 284 g/mol. The minimum absolute atomic E-state index is 0.890. The first-order valence-electron chi connectivity index (χ1n) is 7.38. The van der Waals surface area contributed by atoms with Crippen LogP contribution in [0.5, 0.6) is 0 Å². The van der Waals surface area contributed by atoms with Crippen LogP contribution in [0, 0.1) is 0 Å². The van der Waals surface area contributed by atoms with Crippen LogP contribution in [-0.4, -0.2) is 37.1 Å². The van der Waals surface area contributed by atoms with Crippen molar-refractivity contribution >= 4 is 11.5 Å². The summed E-state index contributed by atoms with van der Waals surface area (Å²) in [5, 5.41) is 6.48. The average Bonchev–Trinajstić information content (AvgIpc) is 2.53. The summed E-state index contributed by atoms with van der Waals surface area (Å²) in [6.07, 6.45) is 2.93. The molecule has 0 unspecified atom stereocenters. The lowest BCUT2D eigenvalue weighted by molar-refractivity contribution is 0.325. The van der Waals surface area contributed by atoms with Crippen LogP contribution in [-0.2, 0) is 6.54 Å². The largest absolute Gasteiger partial charge is 0.385 e. The highest BCUT2D eigenvalue weighted by molar-refractivity contribution is 5.51. The highest BCUT2D eigenvalue weighted by Gasteiger charge is 2.00. The van der Waals surface area contributed by atoms with Crippen LogP contribution in [0.2, 0.25) is 0 Å². The smallest absolute Gasteiger partial charge is 0.127 e. The molecule has 2 aromatic rings. The second-order valence-corrected chi connectivity index (χ2v) is 5.18. The number of rotatable bonds is 8. The molecule has 0 aliphatic rings. The predicted octanol–water partition coefficient (Wildman–Crippen LogP) is 3.06. The van der Waals surface area contributed by atoms with Gasteiger partial charge in [-0.1, -0.05) is 30.3 Å². The van der Waals surface area contributed by atoms with Gasteiger partial charge in [0.2, 0.25) is 0 Å². The molecule has 4 nitrogen and oxygen atoms in total. The van der Waals surface area contributed by atoms with Gasteiger partial charge in [-0.05, 0) is 31.6 Å². The molecule has 0 radical (unpaired) electrons. The minimum Gasteiger partial charge on any atom is -0.385 e. The summed E-state index contributed by atoms with van der Waals surface area (Å²) in [6.45, 7) is 3.04. The predicted molar refractivity (Wildman–Crippen MR) is 89.7 cm³/mol. The number of hydrogen-bond acceptors (Lipinski definition) is 4. The molecular formula is C17H24N4. The van der Waals surface area contributed by atoms with E-state index in [1.54, 1.807) is 0 Å². The number of benzene rings is 1. The second-order valence-electron chi connectivity index (χ2n) is 5.18. The van der Waals surface area contributed by atoms with Gasteiger partial charge in [-0.2, -0.15) is 0 Å². The van der Waals surface area contributed by atoms with Crippen molar-refractivity contribution in [2.24, 2.45) is 0 Å². The van der Waals surface area contributed by atoms with Gasteiger partial charge in [-0.3, -0.25) is 0 Å². The summed E-state index contributed by atoms with van der Waals surface area (Å²) in [4.78, 5) is 6.55. The van der Waals surface area contributed by atoms with E-state index in [0.29, 0.717) is 0 Å². The van der Waals surface area contributed by atoms with Crippen LogP contribution >= 0.6 is 0 Å². The van der Waals surface area contributed by atoms with Gasteiger partial charge in [0.25, 0.3) is 0 Å². The Hall–Kier alpha value is -2.07. The standard InChI is InChI=1S/C17H24N4/c1-18-17-13-16(9-11-20-17)19-10-6-12-21(2)14-15-7-4-3-5-8-15/h3-5,7-9,11,13H,6,10,12,14H2,1-2H3,(H2,18,19,20). The zero-order valence-corrected chi connectivity index (χ0v) is 12.8. The zero-order chi connectivity index (χ0) is 14.9. The van der Waals surface area contributed by atoms with Gasteiger partial charge in [-0.25, -0.2) is 4.98 Å². The first-order valence-corrected chi connectivity index (χ1v) is 7.38. The third-order valence-corrected chi connectivity index (χ3v) is 3.36. The van der Waals surface area contributed by atoms with Crippen molar-refractivity contribution in [3.05, 3.63) is 54.2 Å². The molecule has 0 saturated heterocycles. The fraction of sp³-hybridized carbons (Fsp3) is 0.353. The van der Waals surface area contributed by atoms with E-state index in [2.05, 4.69) is 57.9 Å². The molecule has 0 atom stereocenters. The van der Waals surface area contributed by atoms with Crippen molar-refractivity contribution in [2.45, 2.75) is 13.0 Å². The molecule has 2 N–H and O–H groups in total. The van der Waals surface area contributed by atoms with Gasteiger partial charge in [0.1, 0.15) is 5.82 Å². The number of anilines is 2. The quantitative estimate of drug-likeness (QED) is 0.731. The Balaban J connectivity index is 1.67. The van der Waals surface area contributed by atoms with E-state index in [1.807, 2.05) is 25.4 Å². The molecule has 0 aliphatic heterocycles. The molecule has 0 amide bonds. The van der Waals surface area contributed by atoms with Crippen molar-refractivity contribution in [1.82, 2.24) is 9.88 Å². The Morgan fingerprint density at radius 2 is 1.95 bits per heavy atom. The van der Waals surface area contributed by atoms with Gasteiger partial charge < -0.3 is 15.5 Å². The van der Waals surface area contributed by atoms with E-state index in [-0.39, 0.29) is 0 Å². The number of pyridine rings is 1. The second kappa shape index (κ2) is 8.27. The summed E-state index contributed by atoms with van der Waals surface area (Å²) in [5.41, 5.74) is 2.47. The maximum absolute atomic E-state index is 4.20. The maximum atomic E-state index is 4.20. The van der Waals surface area contributed by atoms with Crippen LogP contribution in [0.25, 0.3) is 0 Å². The topological polar surface area (TPSA) is 40.2 Å².